The molecular weight excluding hydrogens is 154 g/mol. The van der Waals surface area contributed by atoms with Crippen LogP contribution in [0.2, 0.25) is 0 Å². The molecule has 1 N–H and O–H groups in total. The first-order chi connectivity index (χ1) is 5.70. The van der Waals surface area contributed by atoms with E-state index in [1.54, 1.807) is 0 Å². The van der Waals surface area contributed by atoms with E-state index in [2.05, 4.69) is 10.2 Å². The second-order valence-corrected chi connectivity index (χ2v) is 3.38. The minimum Gasteiger partial charge on any atom is -0.337 e. The van der Waals surface area contributed by atoms with Crippen molar-refractivity contribution in [1.29, 1.82) is 0 Å². The number of rotatable bonds is 3. The summed E-state index contributed by atoms with van der Waals surface area (Å²) in [5.74, 6) is 0. The van der Waals surface area contributed by atoms with Gasteiger partial charge in [-0.25, -0.2) is 4.79 Å². The van der Waals surface area contributed by atoms with E-state index in [1.807, 2.05) is 19.0 Å². The van der Waals surface area contributed by atoms with Gasteiger partial charge in [0.2, 0.25) is 0 Å². The highest BCUT2D eigenvalue weighted by molar-refractivity contribution is 5.74. The van der Waals surface area contributed by atoms with Crippen LogP contribution in [0, 0.1) is 0 Å². The van der Waals surface area contributed by atoms with Crippen LogP contribution in [-0.2, 0) is 0 Å². The highest BCUT2D eigenvalue weighted by Crippen LogP contribution is 2.04. The molecule has 0 atom stereocenters. The summed E-state index contributed by atoms with van der Waals surface area (Å²) in [7, 11) is 3.99. The summed E-state index contributed by atoms with van der Waals surface area (Å²) in [5.41, 5.74) is 0. The SMILES string of the molecule is CN(C)CCNC(=O)N1CCC1. The van der Waals surface area contributed by atoms with Gasteiger partial charge in [-0.3, -0.25) is 0 Å². The van der Waals surface area contributed by atoms with Crippen molar-refractivity contribution in [2.24, 2.45) is 0 Å². The lowest BCUT2D eigenvalue weighted by Crippen LogP contribution is -2.48. The van der Waals surface area contributed by atoms with Gasteiger partial charge in [0.25, 0.3) is 0 Å². The number of hydrogen-bond acceptors (Lipinski definition) is 2. The molecule has 1 fully saturated rings. The van der Waals surface area contributed by atoms with Crippen LogP contribution in [0.25, 0.3) is 0 Å². The highest BCUT2D eigenvalue weighted by Gasteiger charge is 2.18. The fraction of sp³-hybridized carbons (Fsp3) is 0.875. The van der Waals surface area contributed by atoms with Gasteiger partial charge in [-0.05, 0) is 20.5 Å². The monoisotopic (exact) mass is 171 g/mol. The van der Waals surface area contributed by atoms with E-state index in [1.165, 1.54) is 0 Å². The average Bonchev–Trinajstić information content (AvgIpc) is 1.81. The van der Waals surface area contributed by atoms with E-state index in [0.29, 0.717) is 0 Å². The molecule has 0 saturated carbocycles. The Morgan fingerprint density at radius 2 is 2.17 bits per heavy atom. The molecule has 0 spiro atoms. The van der Waals surface area contributed by atoms with Gasteiger partial charge in [0.05, 0.1) is 0 Å². The first-order valence-corrected chi connectivity index (χ1v) is 4.37. The summed E-state index contributed by atoms with van der Waals surface area (Å²) in [4.78, 5) is 15.1. The molecule has 4 heteroatoms. The van der Waals surface area contributed by atoms with Crippen molar-refractivity contribution < 1.29 is 4.79 Å². The molecule has 0 aliphatic carbocycles. The lowest BCUT2D eigenvalue weighted by molar-refractivity contribution is 0.167. The Bertz CT molecular complexity index is 154. The molecule has 1 aliphatic heterocycles. The van der Waals surface area contributed by atoms with Crippen LogP contribution in [-0.4, -0.2) is 56.1 Å². The van der Waals surface area contributed by atoms with Gasteiger partial charge < -0.3 is 15.1 Å². The highest BCUT2D eigenvalue weighted by atomic mass is 16.2. The van der Waals surface area contributed by atoms with Crippen LogP contribution in [0.15, 0.2) is 0 Å². The maximum Gasteiger partial charge on any atom is 0.317 e. The molecule has 2 amide bonds. The molecule has 12 heavy (non-hydrogen) atoms. The van der Waals surface area contributed by atoms with Crippen LogP contribution in [0.4, 0.5) is 4.79 Å². The third-order valence-electron chi connectivity index (χ3n) is 1.98. The molecule has 0 aromatic carbocycles. The van der Waals surface area contributed by atoms with E-state index in [-0.39, 0.29) is 6.03 Å². The van der Waals surface area contributed by atoms with Crippen molar-refractivity contribution in [3.05, 3.63) is 0 Å². The zero-order valence-corrected chi connectivity index (χ0v) is 7.84. The number of urea groups is 1. The van der Waals surface area contributed by atoms with Crippen LogP contribution < -0.4 is 5.32 Å². The Morgan fingerprint density at radius 3 is 2.58 bits per heavy atom. The van der Waals surface area contributed by atoms with Crippen molar-refractivity contribution in [3.8, 4) is 0 Å². The summed E-state index contributed by atoms with van der Waals surface area (Å²) < 4.78 is 0. The molecule has 0 radical (unpaired) electrons. The molecule has 4 nitrogen and oxygen atoms in total. The van der Waals surface area contributed by atoms with Crippen molar-refractivity contribution in [3.63, 3.8) is 0 Å². The number of likely N-dealkylation sites (tertiary alicyclic amines) is 1. The van der Waals surface area contributed by atoms with Crippen molar-refractivity contribution >= 4 is 6.03 Å². The third-order valence-corrected chi connectivity index (χ3v) is 1.98. The molecule has 0 unspecified atom stereocenters. The fourth-order valence-corrected chi connectivity index (χ4v) is 1.02. The molecule has 0 aromatic rings. The summed E-state index contributed by atoms with van der Waals surface area (Å²) >= 11 is 0. The van der Waals surface area contributed by atoms with Crippen LogP contribution in [0.5, 0.6) is 0 Å². The van der Waals surface area contributed by atoms with Gasteiger partial charge in [0.15, 0.2) is 0 Å². The molecule has 0 aromatic heterocycles. The molecule has 1 saturated heterocycles. The second kappa shape index (κ2) is 4.30. The standard InChI is InChI=1S/C8H17N3O/c1-10(2)7-4-9-8(12)11-5-3-6-11/h3-7H2,1-2H3,(H,9,12). The fourth-order valence-electron chi connectivity index (χ4n) is 1.02. The van der Waals surface area contributed by atoms with E-state index in [9.17, 15) is 4.79 Å². The molecule has 1 heterocycles. The van der Waals surface area contributed by atoms with Gasteiger partial charge in [-0.15, -0.1) is 0 Å². The van der Waals surface area contributed by atoms with Gasteiger partial charge in [0, 0.05) is 26.2 Å². The summed E-state index contributed by atoms with van der Waals surface area (Å²) in [5, 5.41) is 2.86. The predicted octanol–water partition coefficient (Wildman–Crippen LogP) is -0.0367. The molecule has 70 valence electrons. The minimum absolute atomic E-state index is 0.0862. The van der Waals surface area contributed by atoms with Gasteiger partial charge in [-0.1, -0.05) is 0 Å². The van der Waals surface area contributed by atoms with E-state index >= 15 is 0 Å². The van der Waals surface area contributed by atoms with Crippen molar-refractivity contribution in [2.45, 2.75) is 6.42 Å². The first-order valence-electron chi connectivity index (χ1n) is 4.37. The number of carbonyl (C=O) groups is 1. The van der Waals surface area contributed by atoms with Gasteiger partial charge >= 0.3 is 6.03 Å². The maximum absolute atomic E-state index is 11.2. The number of nitrogens with one attached hydrogen (secondary N) is 1. The first kappa shape index (κ1) is 9.32. The average molecular weight is 171 g/mol. The summed E-state index contributed by atoms with van der Waals surface area (Å²) in [6.45, 7) is 3.49. The molecular formula is C8H17N3O. The van der Waals surface area contributed by atoms with Crippen LogP contribution in [0.1, 0.15) is 6.42 Å². The van der Waals surface area contributed by atoms with Gasteiger partial charge in [0.1, 0.15) is 0 Å². The number of hydrogen-bond donors (Lipinski definition) is 1. The Balaban J connectivity index is 2.02. The Morgan fingerprint density at radius 1 is 1.50 bits per heavy atom. The van der Waals surface area contributed by atoms with Crippen molar-refractivity contribution in [2.75, 3.05) is 40.3 Å². The minimum atomic E-state index is 0.0862. The van der Waals surface area contributed by atoms with E-state index in [4.69, 9.17) is 0 Å². The summed E-state index contributed by atoms with van der Waals surface area (Å²) in [6, 6.07) is 0.0862. The lowest BCUT2D eigenvalue weighted by Gasteiger charge is -2.30. The zero-order chi connectivity index (χ0) is 8.97. The third kappa shape index (κ3) is 2.70. The predicted molar refractivity (Wildman–Crippen MR) is 48.1 cm³/mol. The molecule has 1 aliphatic rings. The normalized spacial score (nSPS) is 16.1. The Labute approximate surface area is 73.5 Å². The summed E-state index contributed by atoms with van der Waals surface area (Å²) in [6.07, 6.45) is 1.15. The second-order valence-electron chi connectivity index (χ2n) is 3.38. The smallest absolute Gasteiger partial charge is 0.317 e. The van der Waals surface area contributed by atoms with E-state index in [0.717, 1.165) is 32.6 Å². The quantitative estimate of drug-likeness (QED) is 0.647. The van der Waals surface area contributed by atoms with Gasteiger partial charge in [-0.2, -0.15) is 0 Å². The number of nitrogens with zero attached hydrogens (tertiary/aromatic N) is 2. The Kier molecular flexibility index (Phi) is 3.34. The van der Waals surface area contributed by atoms with E-state index < -0.39 is 0 Å². The maximum atomic E-state index is 11.2. The number of amides is 2. The largest absolute Gasteiger partial charge is 0.337 e. The van der Waals surface area contributed by atoms with Crippen LogP contribution >= 0.6 is 0 Å². The topological polar surface area (TPSA) is 35.6 Å². The molecule has 0 bridgehead atoms. The zero-order valence-electron chi connectivity index (χ0n) is 7.84. The number of carbonyl (C=O) groups excluding carboxylic acids is 1. The van der Waals surface area contributed by atoms with Crippen LogP contribution in [0.3, 0.4) is 0 Å². The molecule has 1 rings (SSSR count). The van der Waals surface area contributed by atoms with Crippen molar-refractivity contribution in [1.82, 2.24) is 15.1 Å². The Hall–Kier alpha value is -0.770. The lowest BCUT2D eigenvalue weighted by atomic mass is 10.2. The number of likely N-dealkylation sites (N-methyl/N-ethyl adjacent to an activating group) is 1.